The van der Waals surface area contributed by atoms with Gasteiger partial charge in [-0.3, -0.25) is 0 Å². The SMILES string of the molecule is NCc1cnc(N2CCOCC2)nc1Br. The largest absolute Gasteiger partial charge is 0.378 e. The van der Waals surface area contributed by atoms with Gasteiger partial charge in [0.2, 0.25) is 5.95 Å². The first-order valence-corrected chi connectivity index (χ1v) is 5.64. The number of anilines is 1. The molecule has 1 fully saturated rings. The number of hydrogen-bond acceptors (Lipinski definition) is 5. The standard InChI is InChI=1S/C9H13BrN4O/c10-8-7(5-11)6-12-9(13-8)14-1-3-15-4-2-14/h6H,1-5,11H2. The predicted molar refractivity (Wildman–Crippen MR) is 60.7 cm³/mol. The molecule has 0 atom stereocenters. The first-order chi connectivity index (χ1) is 7.31. The van der Waals surface area contributed by atoms with Crippen molar-refractivity contribution in [3.63, 3.8) is 0 Å². The molecule has 1 aliphatic rings. The minimum absolute atomic E-state index is 0.448. The Balaban J connectivity index is 2.17. The minimum Gasteiger partial charge on any atom is -0.378 e. The molecule has 0 unspecified atom stereocenters. The Morgan fingerprint density at radius 1 is 1.47 bits per heavy atom. The maximum Gasteiger partial charge on any atom is 0.226 e. The third kappa shape index (κ3) is 2.45. The smallest absolute Gasteiger partial charge is 0.226 e. The van der Waals surface area contributed by atoms with Crippen molar-refractivity contribution in [2.75, 3.05) is 31.2 Å². The molecule has 2 heterocycles. The van der Waals surface area contributed by atoms with Gasteiger partial charge in [-0.15, -0.1) is 0 Å². The predicted octanol–water partition coefficient (Wildman–Crippen LogP) is 0.534. The fourth-order valence-electron chi connectivity index (χ4n) is 1.43. The van der Waals surface area contributed by atoms with E-state index < -0.39 is 0 Å². The van der Waals surface area contributed by atoms with E-state index in [-0.39, 0.29) is 0 Å². The van der Waals surface area contributed by atoms with Gasteiger partial charge < -0.3 is 15.4 Å². The zero-order valence-corrected chi connectivity index (χ0v) is 9.90. The van der Waals surface area contributed by atoms with E-state index >= 15 is 0 Å². The molecule has 2 N–H and O–H groups in total. The Bertz CT molecular complexity index is 341. The van der Waals surface area contributed by atoms with Gasteiger partial charge >= 0.3 is 0 Å². The number of halogens is 1. The number of nitrogens with zero attached hydrogens (tertiary/aromatic N) is 3. The highest BCUT2D eigenvalue weighted by Crippen LogP contribution is 2.17. The summed E-state index contributed by atoms with van der Waals surface area (Å²) in [7, 11) is 0. The number of aromatic nitrogens is 2. The van der Waals surface area contributed by atoms with Gasteiger partial charge in [-0.25, -0.2) is 9.97 Å². The second-order valence-electron chi connectivity index (χ2n) is 3.29. The van der Waals surface area contributed by atoms with Crippen LogP contribution in [0.15, 0.2) is 10.8 Å². The van der Waals surface area contributed by atoms with Crippen LogP contribution in [0, 0.1) is 0 Å². The highest BCUT2D eigenvalue weighted by atomic mass is 79.9. The molecule has 6 heteroatoms. The third-order valence-electron chi connectivity index (χ3n) is 2.31. The molecular weight excluding hydrogens is 260 g/mol. The number of hydrogen-bond donors (Lipinski definition) is 1. The zero-order valence-electron chi connectivity index (χ0n) is 8.32. The third-order valence-corrected chi connectivity index (χ3v) is 3.00. The van der Waals surface area contributed by atoms with Crippen molar-refractivity contribution < 1.29 is 4.74 Å². The summed E-state index contributed by atoms with van der Waals surface area (Å²) in [6.45, 7) is 3.60. The minimum atomic E-state index is 0.448. The van der Waals surface area contributed by atoms with Crippen LogP contribution < -0.4 is 10.6 Å². The summed E-state index contributed by atoms with van der Waals surface area (Å²) in [5.41, 5.74) is 6.46. The molecule has 0 aliphatic carbocycles. The van der Waals surface area contributed by atoms with Gasteiger partial charge in [-0.1, -0.05) is 0 Å². The van der Waals surface area contributed by atoms with Gasteiger partial charge in [0.1, 0.15) is 4.60 Å². The van der Waals surface area contributed by atoms with Crippen LogP contribution in [0.3, 0.4) is 0 Å². The molecule has 0 radical (unpaired) electrons. The van der Waals surface area contributed by atoms with Crippen molar-refractivity contribution >= 4 is 21.9 Å². The van der Waals surface area contributed by atoms with Gasteiger partial charge in [-0.2, -0.15) is 0 Å². The van der Waals surface area contributed by atoms with Crippen molar-refractivity contribution in [3.05, 3.63) is 16.4 Å². The average molecular weight is 273 g/mol. The van der Waals surface area contributed by atoms with Crippen LogP contribution in [0.1, 0.15) is 5.56 Å². The second-order valence-corrected chi connectivity index (χ2v) is 4.04. The quantitative estimate of drug-likeness (QED) is 0.796. The number of ether oxygens (including phenoxy) is 1. The lowest BCUT2D eigenvalue weighted by Crippen LogP contribution is -2.37. The lowest BCUT2D eigenvalue weighted by atomic mass is 10.3. The van der Waals surface area contributed by atoms with Crippen LogP contribution in [-0.2, 0) is 11.3 Å². The molecule has 1 saturated heterocycles. The van der Waals surface area contributed by atoms with E-state index in [4.69, 9.17) is 10.5 Å². The molecule has 5 nitrogen and oxygen atoms in total. The van der Waals surface area contributed by atoms with Crippen molar-refractivity contribution in [1.29, 1.82) is 0 Å². The highest BCUT2D eigenvalue weighted by molar-refractivity contribution is 9.10. The Kier molecular flexibility index (Phi) is 3.50. The van der Waals surface area contributed by atoms with Crippen LogP contribution in [0.4, 0.5) is 5.95 Å². The number of rotatable bonds is 2. The van der Waals surface area contributed by atoms with Gasteiger partial charge in [-0.05, 0) is 15.9 Å². The van der Waals surface area contributed by atoms with Crippen LogP contribution in [0.25, 0.3) is 0 Å². The van der Waals surface area contributed by atoms with E-state index in [1.165, 1.54) is 0 Å². The molecule has 82 valence electrons. The molecule has 0 spiro atoms. The van der Waals surface area contributed by atoms with Crippen molar-refractivity contribution in [2.24, 2.45) is 5.73 Å². The normalized spacial score (nSPS) is 16.8. The van der Waals surface area contributed by atoms with E-state index in [1.807, 2.05) is 0 Å². The average Bonchev–Trinajstić information content (AvgIpc) is 2.30. The maximum absolute atomic E-state index is 5.54. The summed E-state index contributed by atoms with van der Waals surface area (Å²) in [5.74, 6) is 0.738. The first-order valence-electron chi connectivity index (χ1n) is 4.85. The number of morpholine rings is 1. The molecular formula is C9H13BrN4O. The van der Waals surface area contributed by atoms with Crippen molar-refractivity contribution in [3.8, 4) is 0 Å². The molecule has 15 heavy (non-hydrogen) atoms. The molecule has 1 aromatic heterocycles. The topological polar surface area (TPSA) is 64.3 Å². The van der Waals surface area contributed by atoms with E-state index in [9.17, 15) is 0 Å². The van der Waals surface area contributed by atoms with E-state index in [1.54, 1.807) is 6.20 Å². The Hall–Kier alpha value is -0.720. The summed E-state index contributed by atoms with van der Waals surface area (Å²) in [6.07, 6.45) is 1.77. The monoisotopic (exact) mass is 272 g/mol. The molecule has 1 aliphatic heterocycles. The molecule has 1 aromatic rings. The molecule has 0 bridgehead atoms. The summed E-state index contributed by atoms with van der Waals surface area (Å²) in [6, 6.07) is 0. The first kappa shape index (κ1) is 10.8. The summed E-state index contributed by atoms with van der Waals surface area (Å²) < 4.78 is 6.05. The highest BCUT2D eigenvalue weighted by Gasteiger charge is 2.14. The van der Waals surface area contributed by atoms with E-state index in [0.717, 1.165) is 42.4 Å². The van der Waals surface area contributed by atoms with E-state index in [0.29, 0.717) is 6.54 Å². The Morgan fingerprint density at radius 2 is 2.20 bits per heavy atom. The van der Waals surface area contributed by atoms with E-state index in [2.05, 4.69) is 30.8 Å². The summed E-state index contributed by atoms with van der Waals surface area (Å²) in [4.78, 5) is 10.8. The fraction of sp³-hybridized carbons (Fsp3) is 0.556. The molecule has 0 amide bonds. The Morgan fingerprint density at radius 3 is 2.80 bits per heavy atom. The lowest BCUT2D eigenvalue weighted by Gasteiger charge is -2.26. The second kappa shape index (κ2) is 4.87. The Labute approximate surface area is 96.8 Å². The van der Waals surface area contributed by atoms with Crippen molar-refractivity contribution in [1.82, 2.24) is 9.97 Å². The van der Waals surface area contributed by atoms with Crippen LogP contribution in [0.5, 0.6) is 0 Å². The maximum atomic E-state index is 5.54. The van der Waals surface area contributed by atoms with Crippen LogP contribution in [0.2, 0.25) is 0 Å². The fourth-order valence-corrected chi connectivity index (χ4v) is 1.85. The number of nitrogens with two attached hydrogens (primary N) is 1. The molecule has 2 rings (SSSR count). The molecule has 0 saturated carbocycles. The zero-order chi connectivity index (χ0) is 10.7. The van der Waals surface area contributed by atoms with Crippen LogP contribution in [-0.4, -0.2) is 36.3 Å². The van der Waals surface area contributed by atoms with Gasteiger partial charge in [0.25, 0.3) is 0 Å². The lowest BCUT2D eigenvalue weighted by molar-refractivity contribution is 0.122. The van der Waals surface area contributed by atoms with Crippen LogP contribution >= 0.6 is 15.9 Å². The summed E-state index contributed by atoms with van der Waals surface area (Å²) >= 11 is 3.38. The molecule has 0 aromatic carbocycles. The van der Waals surface area contributed by atoms with Crippen molar-refractivity contribution in [2.45, 2.75) is 6.54 Å². The summed E-state index contributed by atoms with van der Waals surface area (Å²) in [5, 5.41) is 0. The van der Waals surface area contributed by atoms with Gasteiger partial charge in [0.05, 0.1) is 13.2 Å². The van der Waals surface area contributed by atoms with Gasteiger partial charge in [0.15, 0.2) is 0 Å². The van der Waals surface area contributed by atoms with Gasteiger partial charge in [0, 0.05) is 31.4 Å².